The van der Waals surface area contributed by atoms with Crippen molar-refractivity contribution in [1.29, 1.82) is 0 Å². The number of rotatable bonds is 8. The highest BCUT2D eigenvalue weighted by Gasteiger charge is 2.45. The number of aliphatic carboxylic acids is 1. The van der Waals surface area contributed by atoms with Crippen LogP contribution in [0.3, 0.4) is 0 Å². The lowest BCUT2D eigenvalue weighted by Crippen LogP contribution is -2.64. The monoisotopic (exact) mass is 492 g/mol. The number of halogens is 1. The molecule has 0 radical (unpaired) electrons. The van der Waals surface area contributed by atoms with E-state index < -0.39 is 60.0 Å². The predicted molar refractivity (Wildman–Crippen MR) is 115 cm³/mol. The Morgan fingerprint density at radius 2 is 2.03 bits per heavy atom. The second-order valence-electron chi connectivity index (χ2n) is 8.12. The zero-order valence-electron chi connectivity index (χ0n) is 18.9. The van der Waals surface area contributed by atoms with Crippen molar-refractivity contribution in [3.63, 3.8) is 0 Å². The van der Waals surface area contributed by atoms with Gasteiger partial charge in [0, 0.05) is 18.5 Å². The van der Waals surface area contributed by atoms with Crippen LogP contribution in [-0.4, -0.2) is 82.8 Å². The Kier molecular flexibility index (Phi) is 7.99. The number of carbonyl (C=O) groups excluding carboxylic acids is 5. The van der Waals surface area contributed by atoms with Crippen molar-refractivity contribution < 1.29 is 43.0 Å². The smallest absolute Gasteiger partial charge is 0.305 e. The first-order chi connectivity index (χ1) is 16.7. The van der Waals surface area contributed by atoms with Crippen molar-refractivity contribution in [2.45, 2.75) is 50.2 Å². The molecule has 0 aromatic heterocycles. The van der Waals surface area contributed by atoms with Gasteiger partial charge in [0.15, 0.2) is 11.6 Å². The van der Waals surface area contributed by atoms with Crippen LogP contribution < -0.4 is 15.4 Å². The second-order valence-corrected chi connectivity index (χ2v) is 8.12. The van der Waals surface area contributed by atoms with E-state index in [0.29, 0.717) is 6.42 Å². The number of hydrogen-bond acceptors (Lipinski definition) is 7. The van der Waals surface area contributed by atoms with Gasteiger partial charge in [-0.2, -0.15) is 0 Å². The van der Waals surface area contributed by atoms with E-state index >= 15 is 0 Å². The molecule has 2 aliphatic rings. The summed E-state index contributed by atoms with van der Waals surface area (Å²) >= 11 is 0. The largest absolute Gasteiger partial charge is 0.494 e. The number of amides is 4. The van der Waals surface area contributed by atoms with Gasteiger partial charge in [-0.3, -0.25) is 29.0 Å². The zero-order chi connectivity index (χ0) is 25.7. The van der Waals surface area contributed by atoms with Crippen LogP contribution in [0.4, 0.5) is 4.39 Å². The van der Waals surface area contributed by atoms with Crippen molar-refractivity contribution in [1.82, 2.24) is 20.7 Å². The Hall–Kier alpha value is -4.03. The fourth-order valence-electron chi connectivity index (χ4n) is 4.06. The standard InChI is InChI=1S/C22H25FN4O8/c1-35-17-6-4-12(9-14(17)23)20(32)25-15-5-7-18(29)26-8-2-3-16(27(26)22(15)34)21(33)24-13(11-28)10-19(30)31/h4,6,9,11,13,15-16H,2-3,5,7-8,10H2,1H3,(H,24,33)(H,25,32)(H,30,31). The predicted octanol–water partition coefficient (Wildman–Crippen LogP) is -0.380. The van der Waals surface area contributed by atoms with Crippen molar-refractivity contribution in [2.24, 2.45) is 0 Å². The molecule has 0 bridgehead atoms. The summed E-state index contributed by atoms with van der Waals surface area (Å²) in [6, 6.07) is -0.159. The van der Waals surface area contributed by atoms with E-state index in [0.717, 1.165) is 16.1 Å². The fraction of sp³-hybridized carbons (Fsp3) is 0.455. The van der Waals surface area contributed by atoms with Gasteiger partial charge >= 0.3 is 5.97 Å². The first-order valence-electron chi connectivity index (χ1n) is 10.9. The number of ether oxygens (including phenoxy) is 1. The zero-order valence-corrected chi connectivity index (χ0v) is 18.9. The number of nitrogens with one attached hydrogen (secondary N) is 2. The lowest BCUT2D eigenvalue weighted by atomic mass is 10.0. The summed E-state index contributed by atoms with van der Waals surface area (Å²) in [7, 11) is 1.27. The highest BCUT2D eigenvalue weighted by atomic mass is 19.1. The molecule has 1 aromatic carbocycles. The number of carboxylic acid groups (broad SMARTS) is 1. The number of hydrogen-bond donors (Lipinski definition) is 3. The van der Waals surface area contributed by atoms with Crippen LogP contribution in [0.2, 0.25) is 0 Å². The molecular formula is C22H25FN4O8. The third-order valence-electron chi connectivity index (χ3n) is 5.77. The molecule has 4 amide bonds. The first-order valence-corrected chi connectivity index (χ1v) is 10.9. The summed E-state index contributed by atoms with van der Waals surface area (Å²) in [5, 5.41) is 15.8. The molecule has 0 aliphatic carbocycles. The van der Waals surface area contributed by atoms with Crippen LogP contribution in [0.25, 0.3) is 0 Å². The SMILES string of the molecule is COc1ccc(C(=O)NC2CCC(=O)N3CCCC(C(=O)NC(C=O)CC(=O)O)N3C2=O)cc1F. The van der Waals surface area contributed by atoms with E-state index in [1.165, 1.54) is 19.2 Å². The number of hydrazine groups is 1. The van der Waals surface area contributed by atoms with Crippen molar-refractivity contribution in [3.8, 4) is 5.75 Å². The van der Waals surface area contributed by atoms with Gasteiger partial charge in [-0.05, 0) is 37.5 Å². The van der Waals surface area contributed by atoms with Crippen molar-refractivity contribution in [3.05, 3.63) is 29.6 Å². The topological polar surface area (TPSA) is 162 Å². The van der Waals surface area contributed by atoms with Gasteiger partial charge in [0.1, 0.15) is 18.4 Å². The Morgan fingerprint density at radius 3 is 2.66 bits per heavy atom. The lowest BCUT2D eigenvalue weighted by molar-refractivity contribution is -0.176. The van der Waals surface area contributed by atoms with Crippen LogP contribution in [0, 0.1) is 5.82 Å². The summed E-state index contributed by atoms with van der Waals surface area (Å²) in [4.78, 5) is 73.8. The molecule has 3 N–H and O–H groups in total. The number of carboxylic acids is 1. The Labute approximate surface area is 199 Å². The maximum absolute atomic E-state index is 14.0. The van der Waals surface area contributed by atoms with Crippen molar-refractivity contribution >= 4 is 35.9 Å². The number of aldehydes is 1. The summed E-state index contributed by atoms with van der Waals surface area (Å²) in [5.41, 5.74) is -0.0704. The van der Waals surface area contributed by atoms with Gasteiger partial charge in [-0.15, -0.1) is 0 Å². The molecule has 3 rings (SSSR count). The van der Waals surface area contributed by atoms with Crippen molar-refractivity contribution in [2.75, 3.05) is 13.7 Å². The van der Waals surface area contributed by atoms with Gasteiger partial charge in [0.05, 0.1) is 19.6 Å². The van der Waals surface area contributed by atoms with E-state index in [4.69, 9.17) is 9.84 Å². The van der Waals surface area contributed by atoms with Gasteiger partial charge in [0.25, 0.3) is 11.8 Å². The second kappa shape index (κ2) is 10.9. The molecule has 2 aliphatic heterocycles. The van der Waals surface area contributed by atoms with E-state index in [-0.39, 0.29) is 43.4 Å². The average molecular weight is 492 g/mol. The minimum absolute atomic E-state index is 0.0423. The van der Waals surface area contributed by atoms with Crippen LogP contribution in [0.1, 0.15) is 42.5 Å². The van der Waals surface area contributed by atoms with E-state index in [9.17, 15) is 33.2 Å². The third-order valence-corrected chi connectivity index (χ3v) is 5.77. The maximum atomic E-state index is 14.0. The number of nitrogens with zero attached hydrogens (tertiary/aromatic N) is 2. The molecule has 3 atom stereocenters. The third kappa shape index (κ3) is 5.73. The molecule has 3 unspecified atom stereocenters. The molecule has 188 valence electrons. The normalized spacial score (nSPS) is 20.9. The van der Waals surface area contributed by atoms with Gasteiger partial charge in [-0.1, -0.05) is 0 Å². The number of fused-ring (bicyclic) bond motifs is 1. The van der Waals surface area contributed by atoms with Crippen LogP contribution in [0.15, 0.2) is 18.2 Å². The fourth-order valence-corrected chi connectivity index (χ4v) is 4.06. The van der Waals surface area contributed by atoms with Crippen LogP contribution in [-0.2, 0) is 24.0 Å². The Bertz CT molecular complexity index is 1050. The molecule has 0 spiro atoms. The summed E-state index contributed by atoms with van der Waals surface area (Å²) in [6.07, 6.45) is 0.0489. The Morgan fingerprint density at radius 1 is 1.29 bits per heavy atom. The molecule has 35 heavy (non-hydrogen) atoms. The molecular weight excluding hydrogens is 467 g/mol. The molecule has 12 nitrogen and oxygen atoms in total. The van der Waals surface area contributed by atoms with Gasteiger partial charge in [-0.25, -0.2) is 9.40 Å². The number of carbonyl (C=O) groups is 6. The highest BCUT2D eigenvalue weighted by Crippen LogP contribution is 2.25. The van der Waals surface area contributed by atoms with E-state index in [1.54, 1.807) is 0 Å². The minimum atomic E-state index is -1.31. The molecule has 2 heterocycles. The lowest BCUT2D eigenvalue weighted by Gasteiger charge is -2.43. The minimum Gasteiger partial charge on any atom is -0.494 e. The number of benzene rings is 1. The van der Waals surface area contributed by atoms with E-state index in [1.807, 2.05) is 0 Å². The summed E-state index contributed by atoms with van der Waals surface area (Å²) < 4.78 is 18.8. The molecule has 13 heteroatoms. The van der Waals surface area contributed by atoms with Crippen LogP contribution >= 0.6 is 0 Å². The number of methoxy groups -OCH3 is 1. The quantitative estimate of drug-likeness (QED) is 0.414. The molecule has 2 saturated heterocycles. The molecule has 2 fully saturated rings. The van der Waals surface area contributed by atoms with Crippen LogP contribution in [0.5, 0.6) is 5.75 Å². The maximum Gasteiger partial charge on any atom is 0.305 e. The molecule has 1 aromatic rings. The molecule has 0 saturated carbocycles. The summed E-state index contributed by atoms with van der Waals surface area (Å²) in [6.45, 7) is 0.172. The average Bonchev–Trinajstić information content (AvgIpc) is 2.95. The van der Waals surface area contributed by atoms with Gasteiger partial charge in [0.2, 0.25) is 11.8 Å². The summed E-state index contributed by atoms with van der Waals surface area (Å²) in [5.74, 6) is -4.84. The Balaban J connectivity index is 1.81. The van der Waals surface area contributed by atoms with E-state index in [2.05, 4.69) is 10.6 Å². The highest BCUT2D eigenvalue weighted by molar-refractivity contribution is 6.00. The first kappa shape index (κ1) is 25.6. The van der Waals surface area contributed by atoms with Gasteiger partial charge < -0.3 is 25.3 Å².